The van der Waals surface area contributed by atoms with E-state index >= 15 is 0 Å². The Morgan fingerprint density at radius 2 is 1.93 bits per heavy atom. The highest BCUT2D eigenvalue weighted by molar-refractivity contribution is 5.92. The predicted octanol–water partition coefficient (Wildman–Crippen LogP) is 2.84. The van der Waals surface area contributed by atoms with Crippen LogP contribution in [-0.2, 0) is 11.0 Å². The van der Waals surface area contributed by atoms with Crippen molar-refractivity contribution in [2.75, 3.05) is 29.9 Å². The number of alkyl halides is 3. The molecule has 5 rings (SSSR count). The minimum Gasteiger partial charge on any atom is -0.353 e. The van der Waals surface area contributed by atoms with Gasteiger partial charge in [0.05, 0.1) is 6.54 Å². The van der Waals surface area contributed by atoms with Gasteiger partial charge in [0.1, 0.15) is 23.7 Å². The van der Waals surface area contributed by atoms with Crippen LogP contribution in [0, 0.1) is 12.7 Å². The lowest BCUT2D eigenvalue weighted by atomic mass is 9.87. The number of hydrogen-bond acceptors (Lipinski definition) is 5. The van der Waals surface area contributed by atoms with E-state index in [1.54, 1.807) is 24.0 Å². The van der Waals surface area contributed by atoms with Crippen LogP contribution < -0.4 is 10.2 Å². The molecule has 154 valence electrons. The lowest BCUT2D eigenvalue weighted by Crippen LogP contribution is -2.69. The number of carbonyl (C=O) groups is 1. The number of aryl methyl sites for hydroxylation is 1. The summed E-state index contributed by atoms with van der Waals surface area (Å²) in [6.07, 6.45) is -2.72. The first-order valence-electron chi connectivity index (χ1n) is 9.16. The smallest absolute Gasteiger partial charge is 0.353 e. The highest BCUT2D eigenvalue weighted by Gasteiger charge is 2.45. The Morgan fingerprint density at radius 3 is 2.59 bits per heavy atom. The zero-order chi connectivity index (χ0) is 20.8. The van der Waals surface area contributed by atoms with Gasteiger partial charge in [-0.2, -0.15) is 13.2 Å². The molecule has 1 N–H and O–H groups in total. The van der Waals surface area contributed by atoms with E-state index in [9.17, 15) is 22.4 Å². The molecule has 2 bridgehead atoms. The zero-order valence-electron chi connectivity index (χ0n) is 15.6. The maximum Gasteiger partial charge on any atom is 0.433 e. The number of amides is 1. The summed E-state index contributed by atoms with van der Waals surface area (Å²) in [7, 11) is 0. The lowest BCUT2D eigenvalue weighted by molar-refractivity contribution is -0.141. The van der Waals surface area contributed by atoms with Gasteiger partial charge in [-0.25, -0.2) is 14.4 Å². The highest BCUT2D eigenvalue weighted by Crippen LogP contribution is 2.35. The van der Waals surface area contributed by atoms with Crippen LogP contribution in [0.15, 0.2) is 30.6 Å². The van der Waals surface area contributed by atoms with Gasteiger partial charge in [-0.15, -0.1) is 0 Å². The monoisotopic (exact) mass is 409 g/mol. The van der Waals surface area contributed by atoms with Gasteiger partial charge in [0.2, 0.25) is 5.91 Å². The number of carbonyl (C=O) groups excluding carboxylic acids is 1. The Balaban J connectivity index is 1.36. The molecule has 10 heteroatoms. The SMILES string of the molecule is Cc1ccc(NC(=O)CN2C3CC2CN(c2cc(C(F)(F)F)ncn2)C3)cc1F. The van der Waals surface area contributed by atoms with E-state index in [-0.39, 0.29) is 36.2 Å². The summed E-state index contributed by atoms with van der Waals surface area (Å²) in [4.78, 5) is 23.4. The predicted molar refractivity (Wildman–Crippen MR) is 97.9 cm³/mol. The maximum atomic E-state index is 13.6. The molecule has 0 radical (unpaired) electrons. The molecule has 2 unspecified atom stereocenters. The van der Waals surface area contributed by atoms with Gasteiger partial charge in [-0.1, -0.05) is 6.07 Å². The number of fused-ring (bicyclic) bond motifs is 2. The number of rotatable bonds is 4. The van der Waals surface area contributed by atoms with E-state index in [4.69, 9.17) is 0 Å². The second kappa shape index (κ2) is 7.25. The van der Waals surface area contributed by atoms with Crippen molar-refractivity contribution in [1.82, 2.24) is 14.9 Å². The Morgan fingerprint density at radius 1 is 1.21 bits per heavy atom. The summed E-state index contributed by atoms with van der Waals surface area (Å²) in [6.45, 7) is 2.76. The quantitative estimate of drug-likeness (QED) is 0.787. The van der Waals surface area contributed by atoms with Crippen molar-refractivity contribution >= 4 is 17.4 Å². The van der Waals surface area contributed by atoms with Crippen molar-refractivity contribution in [3.8, 4) is 0 Å². The molecular formula is C19H19F4N5O. The average molecular weight is 409 g/mol. The first kappa shape index (κ1) is 19.6. The van der Waals surface area contributed by atoms with Crippen molar-refractivity contribution in [2.24, 2.45) is 0 Å². The summed E-state index contributed by atoms with van der Waals surface area (Å²) in [6, 6.07) is 5.57. The molecule has 3 fully saturated rings. The van der Waals surface area contributed by atoms with Crippen molar-refractivity contribution in [3.63, 3.8) is 0 Å². The van der Waals surface area contributed by atoms with Crippen LogP contribution in [0.2, 0.25) is 0 Å². The number of hydrogen-bond donors (Lipinski definition) is 1. The van der Waals surface area contributed by atoms with Gasteiger partial charge in [-0.05, 0) is 31.0 Å². The zero-order valence-corrected chi connectivity index (χ0v) is 15.6. The summed E-state index contributed by atoms with van der Waals surface area (Å²) in [5.74, 6) is -0.401. The van der Waals surface area contributed by atoms with Gasteiger partial charge in [0, 0.05) is 36.9 Å². The van der Waals surface area contributed by atoms with Gasteiger partial charge in [-0.3, -0.25) is 9.69 Å². The molecule has 3 aliphatic rings. The largest absolute Gasteiger partial charge is 0.433 e. The minimum absolute atomic E-state index is 0.0542. The fraction of sp³-hybridized carbons (Fsp3) is 0.421. The number of anilines is 2. The third-order valence-electron chi connectivity index (χ3n) is 5.39. The van der Waals surface area contributed by atoms with Crippen molar-refractivity contribution in [1.29, 1.82) is 0 Å². The fourth-order valence-electron chi connectivity index (χ4n) is 3.84. The Bertz CT molecular complexity index is 923. The van der Waals surface area contributed by atoms with Crippen LogP contribution in [0.1, 0.15) is 17.7 Å². The number of benzene rings is 1. The first-order valence-corrected chi connectivity index (χ1v) is 9.16. The third kappa shape index (κ3) is 4.02. The molecule has 6 nitrogen and oxygen atoms in total. The third-order valence-corrected chi connectivity index (χ3v) is 5.39. The van der Waals surface area contributed by atoms with Crippen LogP contribution in [0.4, 0.5) is 29.1 Å². The molecule has 1 aromatic heterocycles. The van der Waals surface area contributed by atoms with Crippen LogP contribution in [-0.4, -0.2) is 52.5 Å². The van der Waals surface area contributed by atoms with E-state index in [2.05, 4.69) is 15.3 Å². The summed E-state index contributed by atoms with van der Waals surface area (Å²) >= 11 is 0. The topological polar surface area (TPSA) is 61.4 Å². The summed E-state index contributed by atoms with van der Waals surface area (Å²) < 4.78 is 52.2. The second-order valence-corrected chi connectivity index (χ2v) is 7.39. The van der Waals surface area contributed by atoms with Gasteiger partial charge < -0.3 is 10.2 Å². The Hall–Kier alpha value is -2.75. The van der Waals surface area contributed by atoms with Crippen molar-refractivity contribution < 1.29 is 22.4 Å². The number of halogens is 4. The summed E-state index contributed by atoms with van der Waals surface area (Å²) in [5, 5.41) is 2.69. The van der Waals surface area contributed by atoms with E-state index in [1.165, 1.54) is 6.07 Å². The molecule has 0 saturated carbocycles. The molecule has 2 aromatic rings. The van der Waals surface area contributed by atoms with E-state index in [0.717, 1.165) is 18.8 Å². The van der Waals surface area contributed by atoms with E-state index < -0.39 is 11.9 Å². The molecular weight excluding hydrogens is 390 g/mol. The van der Waals surface area contributed by atoms with Crippen LogP contribution >= 0.6 is 0 Å². The molecule has 1 aromatic carbocycles. The number of nitrogens with zero attached hydrogens (tertiary/aromatic N) is 4. The summed E-state index contributed by atoms with van der Waals surface area (Å²) in [5.41, 5.74) is -0.0758. The van der Waals surface area contributed by atoms with Crippen molar-refractivity contribution in [3.05, 3.63) is 47.7 Å². The maximum absolute atomic E-state index is 13.6. The molecule has 3 saturated heterocycles. The van der Waals surface area contributed by atoms with E-state index in [0.29, 0.717) is 24.3 Å². The van der Waals surface area contributed by atoms with E-state index in [1.807, 2.05) is 4.90 Å². The van der Waals surface area contributed by atoms with Gasteiger partial charge >= 0.3 is 6.18 Å². The number of aromatic nitrogens is 2. The first-order chi connectivity index (χ1) is 13.7. The number of nitrogens with one attached hydrogen (secondary N) is 1. The Kier molecular flexibility index (Phi) is 4.89. The number of piperidine rings is 1. The Labute approximate surface area is 164 Å². The second-order valence-electron chi connectivity index (χ2n) is 7.39. The van der Waals surface area contributed by atoms with Crippen LogP contribution in [0.25, 0.3) is 0 Å². The molecule has 4 heterocycles. The molecule has 2 atom stereocenters. The van der Waals surface area contributed by atoms with Crippen molar-refractivity contribution in [2.45, 2.75) is 31.6 Å². The molecule has 0 aliphatic carbocycles. The normalized spacial score (nSPS) is 21.6. The highest BCUT2D eigenvalue weighted by atomic mass is 19.4. The molecule has 0 spiro atoms. The minimum atomic E-state index is -4.52. The van der Waals surface area contributed by atoms with Gasteiger partial charge in [0.25, 0.3) is 0 Å². The average Bonchev–Trinajstić information content (AvgIpc) is 2.68. The standard InChI is InChI=1S/C19H19F4N5O/c1-11-2-3-12(4-15(11)20)26-18(29)9-28-13-5-14(28)8-27(7-13)17-6-16(19(21,22)23)24-10-25-17/h2-4,6,10,13-14H,5,7-9H2,1H3,(H,26,29). The fourth-order valence-corrected chi connectivity index (χ4v) is 3.84. The van der Waals surface area contributed by atoms with Gasteiger partial charge in [0.15, 0.2) is 0 Å². The molecule has 29 heavy (non-hydrogen) atoms. The van der Waals surface area contributed by atoms with Crippen LogP contribution in [0.3, 0.4) is 0 Å². The molecule has 3 aliphatic heterocycles. The lowest BCUT2D eigenvalue weighted by Gasteiger charge is -2.56. The van der Waals surface area contributed by atoms with Crippen LogP contribution in [0.5, 0.6) is 0 Å². The number of piperazine rings is 1. The molecule has 1 amide bonds.